The van der Waals surface area contributed by atoms with Crippen molar-refractivity contribution in [2.45, 2.75) is 70.0 Å². The van der Waals surface area contributed by atoms with Crippen LogP contribution >= 0.6 is 0 Å². The van der Waals surface area contributed by atoms with Crippen LogP contribution in [0.1, 0.15) is 36.5 Å². The van der Waals surface area contributed by atoms with E-state index in [9.17, 15) is 14.7 Å². The Morgan fingerprint density at radius 3 is 2.33 bits per heavy atom. The minimum atomic E-state index is -2.16. The summed E-state index contributed by atoms with van der Waals surface area (Å²) in [4.78, 5) is 31.8. The number of H-pyrrole nitrogens is 1. The smallest absolute Gasteiger partial charge is 0.228 e. The van der Waals surface area contributed by atoms with E-state index in [0.29, 0.717) is 13.0 Å². The summed E-state index contributed by atoms with van der Waals surface area (Å²) in [6.07, 6.45) is 3.88. The number of ether oxygens (including phenoxy) is 2. The lowest BCUT2D eigenvalue weighted by atomic mass is 9.95. The lowest BCUT2D eigenvalue weighted by Crippen LogP contribution is -2.51. The molecule has 0 bridgehead atoms. The lowest BCUT2D eigenvalue weighted by molar-refractivity contribution is -0.135. The van der Waals surface area contributed by atoms with Gasteiger partial charge in [-0.1, -0.05) is 98.0 Å². The van der Waals surface area contributed by atoms with E-state index in [-0.39, 0.29) is 55.1 Å². The van der Waals surface area contributed by atoms with Crippen LogP contribution in [0.3, 0.4) is 0 Å². The van der Waals surface area contributed by atoms with Crippen LogP contribution in [0.25, 0.3) is 10.9 Å². The molecule has 0 unspecified atom stereocenters. The van der Waals surface area contributed by atoms with Crippen LogP contribution in [-0.2, 0) is 33.7 Å². The summed E-state index contributed by atoms with van der Waals surface area (Å²) < 4.78 is 12.4. The molecule has 0 saturated carbocycles. The number of hydrogen-bond acceptors (Lipinski definition) is 5. The molecule has 2 heterocycles. The Balaban J connectivity index is 1.13. The van der Waals surface area contributed by atoms with Gasteiger partial charge in [0.1, 0.15) is 5.75 Å². The average Bonchev–Trinajstić information content (AvgIpc) is 3.71. The number of nitrogens with zero attached hydrogens (tertiary/aromatic N) is 1. The highest BCUT2D eigenvalue weighted by Crippen LogP contribution is 2.46. The number of carbonyl (C=O) groups is 2. The largest absolute Gasteiger partial charge is 0.497 e. The molecule has 3 N–H and O–H groups in total. The third-order valence-corrected chi connectivity index (χ3v) is 15.3. The molecule has 2 amide bonds. The van der Waals surface area contributed by atoms with Gasteiger partial charge in [0.05, 0.1) is 46.8 Å². The van der Waals surface area contributed by atoms with Crippen molar-refractivity contribution in [3.8, 4) is 5.75 Å². The van der Waals surface area contributed by atoms with Gasteiger partial charge in [0, 0.05) is 35.9 Å². The van der Waals surface area contributed by atoms with E-state index in [4.69, 9.17) is 9.47 Å². The predicted octanol–water partition coefficient (Wildman–Crippen LogP) is 7.09. The monoisotopic (exact) mass is 717 g/mol. The molecule has 1 aliphatic heterocycles. The second kappa shape index (κ2) is 16.8. The number of benzene rings is 4. The molecule has 6 rings (SSSR count). The molecule has 1 fully saturated rings. The number of hydrogen-bond donors (Lipinski definition) is 3. The van der Waals surface area contributed by atoms with Crippen molar-refractivity contribution in [1.82, 2.24) is 9.88 Å². The van der Waals surface area contributed by atoms with Crippen LogP contribution in [-0.4, -0.2) is 67.3 Å². The van der Waals surface area contributed by atoms with Crippen LogP contribution in [0.15, 0.2) is 109 Å². The van der Waals surface area contributed by atoms with Crippen molar-refractivity contribution in [3.05, 3.63) is 126 Å². The van der Waals surface area contributed by atoms with Gasteiger partial charge in [-0.3, -0.25) is 9.59 Å². The van der Waals surface area contributed by atoms with Crippen LogP contribution in [0.4, 0.5) is 5.69 Å². The highest BCUT2D eigenvalue weighted by atomic mass is 28.3. The first-order valence-corrected chi connectivity index (χ1v) is 21.4. The van der Waals surface area contributed by atoms with Crippen molar-refractivity contribution in [3.63, 3.8) is 0 Å². The highest BCUT2D eigenvalue weighted by Gasteiger charge is 2.51. The Bertz CT molecular complexity index is 1930. The van der Waals surface area contributed by atoms with Crippen LogP contribution < -0.4 is 15.2 Å². The molecule has 1 aliphatic rings. The fourth-order valence-electron chi connectivity index (χ4n) is 8.08. The molecule has 9 heteroatoms. The number of anilines is 1. The first-order chi connectivity index (χ1) is 25.2. The van der Waals surface area contributed by atoms with Crippen molar-refractivity contribution in [2.75, 3.05) is 25.6 Å². The number of fused-ring (bicyclic) bond motifs is 1. The molecular weight excluding hydrogens is 667 g/mol. The van der Waals surface area contributed by atoms with Gasteiger partial charge in [0.15, 0.2) is 0 Å². The summed E-state index contributed by atoms with van der Waals surface area (Å²) in [7, 11) is -0.477. The maximum Gasteiger partial charge on any atom is 0.228 e. The Morgan fingerprint density at radius 1 is 0.904 bits per heavy atom. The standard InChI is InChI=1S/C43H51N3O5Si/c1-30-39(23-16-31-14-17-34(18-15-31)45-41(48)26-33-28-44-38-13-9-8-12-37(33)38)51-40(43(30)52(3,4)36-21-19-35(50-2)20-22-36)27-42(49)46(24-25-47)29-32-10-6-5-7-11-32/h5-15,17-22,28,30,39-40,43-44,47H,16,23-27,29H2,1-4H3,(H,45,48)/t30-,39+,40-,43+/m0/s1. The summed E-state index contributed by atoms with van der Waals surface area (Å²) in [5, 5.41) is 15.3. The third-order valence-electron chi connectivity index (χ3n) is 10.9. The lowest BCUT2D eigenvalue weighted by Gasteiger charge is -2.36. The number of methoxy groups -OCH3 is 1. The first-order valence-electron chi connectivity index (χ1n) is 18.3. The van der Waals surface area contributed by atoms with Gasteiger partial charge in [-0.2, -0.15) is 0 Å². The summed E-state index contributed by atoms with van der Waals surface area (Å²) >= 11 is 0. The van der Waals surface area contributed by atoms with E-state index in [1.807, 2.05) is 85.1 Å². The van der Waals surface area contributed by atoms with E-state index in [1.165, 1.54) is 10.8 Å². The minimum Gasteiger partial charge on any atom is -0.497 e. The molecule has 0 aliphatic carbocycles. The normalized spacial score (nSPS) is 18.7. The van der Waals surface area contributed by atoms with Crippen LogP contribution in [0, 0.1) is 5.92 Å². The molecular formula is C43H51N3O5Si. The topological polar surface area (TPSA) is 104 Å². The van der Waals surface area contributed by atoms with E-state index < -0.39 is 8.07 Å². The number of aliphatic hydroxyl groups is 1. The number of rotatable bonds is 15. The summed E-state index contributed by atoms with van der Waals surface area (Å²) in [5.74, 6) is 1.02. The predicted molar refractivity (Wildman–Crippen MR) is 211 cm³/mol. The van der Waals surface area contributed by atoms with E-state index >= 15 is 0 Å². The SMILES string of the molecule is COc1ccc([Si](C)(C)[C@@H]2[C@@H](C)[C@@H](CCc3ccc(NC(=O)Cc4c[nH]c5ccccc45)cc3)O[C@H]2CC(=O)N(CCO)Cc2ccccc2)cc1. The summed E-state index contributed by atoms with van der Waals surface area (Å²) in [6.45, 7) is 7.71. The third kappa shape index (κ3) is 8.66. The maximum absolute atomic E-state index is 13.9. The average molecular weight is 718 g/mol. The first kappa shape index (κ1) is 37.1. The number of aromatic nitrogens is 1. The van der Waals surface area contributed by atoms with Crippen LogP contribution in [0.2, 0.25) is 18.6 Å². The zero-order valence-electron chi connectivity index (χ0n) is 30.7. The second-order valence-corrected chi connectivity index (χ2v) is 19.3. The van der Waals surface area contributed by atoms with Crippen molar-refractivity contribution < 1.29 is 24.2 Å². The number of para-hydroxylation sites is 1. The molecule has 52 heavy (non-hydrogen) atoms. The molecule has 8 nitrogen and oxygen atoms in total. The Kier molecular flexibility index (Phi) is 11.9. The maximum atomic E-state index is 13.9. The Hall–Kier alpha value is -4.70. The molecule has 0 spiro atoms. The summed E-state index contributed by atoms with van der Waals surface area (Å²) in [6, 6.07) is 34.4. The second-order valence-electron chi connectivity index (χ2n) is 14.6. The number of amides is 2. The Morgan fingerprint density at radius 2 is 1.62 bits per heavy atom. The quantitative estimate of drug-likeness (QED) is 0.100. The fraction of sp³-hybridized carbons (Fsp3) is 0.349. The zero-order valence-corrected chi connectivity index (χ0v) is 31.7. The van der Waals surface area contributed by atoms with Gasteiger partial charge < -0.3 is 29.8 Å². The number of carbonyl (C=O) groups excluding carboxylic acids is 2. The number of aryl methyl sites for hydroxylation is 1. The van der Waals surface area contributed by atoms with Gasteiger partial charge in [-0.25, -0.2) is 0 Å². The molecule has 4 aromatic carbocycles. The van der Waals surface area contributed by atoms with Crippen molar-refractivity contribution in [1.29, 1.82) is 0 Å². The highest BCUT2D eigenvalue weighted by molar-refractivity contribution is 6.91. The summed E-state index contributed by atoms with van der Waals surface area (Å²) in [5.41, 5.74) is 5.18. The van der Waals surface area contributed by atoms with Crippen molar-refractivity contribution in [2.24, 2.45) is 5.92 Å². The molecule has 1 aromatic heterocycles. The Labute approximate surface area is 308 Å². The van der Waals surface area contributed by atoms with Crippen molar-refractivity contribution >= 4 is 41.7 Å². The van der Waals surface area contributed by atoms with Gasteiger partial charge in [-0.15, -0.1) is 0 Å². The molecule has 1 saturated heterocycles. The minimum absolute atomic E-state index is 0.00242. The van der Waals surface area contributed by atoms with Gasteiger partial charge in [0.25, 0.3) is 0 Å². The molecule has 5 aromatic rings. The van der Waals surface area contributed by atoms with E-state index in [0.717, 1.165) is 46.3 Å². The van der Waals surface area contributed by atoms with Gasteiger partial charge >= 0.3 is 0 Å². The van der Waals surface area contributed by atoms with Crippen LogP contribution in [0.5, 0.6) is 5.75 Å². The number of nitrogens with one attached hydrogen (secondary N) is 2. The zero-order chi connectivity index (χ0) is 36.7. The van der Waals surface area contributed by atoms with E-state index in [1.54, 1.807) is 12.0 Å². The molecule has 272 valence electrons. The van der Waals surface area contributed by atoms with Gasteiger partial charge in [0.2, 0.25) is 11.8 Å². The fourth-order valence-corrected chi connectivity index (χ4v) is 12.1. The van der Waals surface area contributed by atoms with E-state index in [2.05, 4.69) is 54.6 Å². The molecule has 0 radical (unpaired) electrons. The number of aromatic amines is 1. The molecule has 4 atom stereocenters. The number of aliphatic hydroxyl groups excluding tert-OH is 1. The van der Waals surface area contributed by atoms with Gasteiger partial charge in [-0.05, 0) is 71.3 Å².